The van der Waals surface area contributed by atoms with Gasteiger partial charge in [-0.2, -0.15) is 0 Å². The molecule has 0 bridgehead atoms. The maximum atomic E-state index is 12.0. The van der Waals surface area contributed by atoms with E-state index >= 15 is 0 Å². The highest BCUT2D eigenvalue weighted by Crippen LogP contribution is 2.40. The number of carbonyl (C=O) groups is 1. The summed E-state index contributed by atoms with van der Waals surface area (Å²) in [5, 5.41) is 0. The second-order valence-electron chi connectivity index (χ2n) is 4.69. The van der Waals surface area contributed by atoms with Crippen molar-refractivity contribution < 1.29 is 4.79 Å². The van der Waals surface area contributed by atoms with Gasteiger partial charge >= 0.3 is 0 Å². The van der Waals surface area contributed by atoms with Crippen LogP contribution in [0.15, 0.2) is 0 Å². The Morgan fingerprint density at radius 3 is 2.14 bits per heavy atom. The molecule has 0 aromatic carbocycles. The summed E-state index contributed by atoms with van der Waals surface area (Å²) in [5.41, 5.74) is 0.510. The van der Waals surface area contributed by atoms with E-state index in [1.165, 1.54) is 31.0 Å². The molecule has 2 heteroatoms. The largest absolute Gasteiger partial charge is 0.300 e. The van der Waals surface area contributed by atoms with E-state index in [9.17, 15) is 4.79 Å². The first-order chi connectivity index (χ1) is 6.70. The van der Waals surface area contributed by atoms with E-state index in [0.717, 1.165) is 12.8 Å². The Kier molecular flexibility index (Phi) is 4.36. The van der Waals surface area contributed by atoms with Crippen molar-refractivity contribution in [2.45, 2.75) is 70.1 Å². The molecule has 82 valence electrons. The maximum absolute atomic E-state index is 12.0. The first-order valence-corrected chi connectivity index (χ1v) is 8.92. The number of hydrogen-bond acceptors (Lipinski definition) is 1. The van der Waals surface area contributed by atoms with Crippen molar-refractivity contribution in [2.75, 3.05) is 0 Å². The number of Topliss-reactive ketones (excluding diaryl/α,β-unsaturated/α-hetero) is 1. The lowest BCUT2D eigenvalue weighted by Gasteiger charge is -2.38. The van der Waals surface area contributed by atoms with E-state index < -0.39 is 8.07 Å². The minimum absolute atomic E-state index is 0.510. The van der Waals surface area contributed by atoms with Crippen LogP contribution in [0.1, 0.15) is 46.5 Å². The topological polar surface area (TPSA) is 17.1 Å². The van der Waals surface area contributed by atoms with E-state index in [0.29, 0.717) is 11.3 Å². The van der Waals surface area contributed by atoms with Crippen LogP contribution in [0, 0.1) is 0 Å². The van der Waals surface area contributed by atoms with Gasteiger partial charge in [0.25, 0.3) is 0 Å². The molecule has 0 radical (unpaired) electrons. The lowest BCUT2D eigenvalue weighted by atomic mass is 9.99. The predicted molar refractivity (Wildman–Crippen MR) is 64.4 cm³/mol. The fraction of sp³-hybridized carbons (Fsp3) is 0.917. The quantitative estimate of drug-likeness (QED) is 0.644. The summed E-state index contributed by atoms with van der Waals surface area (Å²) < 4.78 is 0. The highest BCUT2D eigenvalue weighted by atomic mass is 28.3. The minimum Gasteiger partial charge on any atom is -0.300 e. The summed E-state index contributed by atoms with van der Waals surface area (Å²) in [5.74, 6) is 0.605. The molecule has 0 N–H and O–H groups in total. The van der Waals surface area contributed by atoms with Crippen molar-refractivity contribution in [1.82, 2.24) is 0 Å². The Balaban J connectivity index is 2.79. The van der Waals surface area contributed by atoms with Gasteiger partial charge in [-0.25, -0.2) is 0 Å². The van der Waals surface area contributed by atoms with Crippen LogP contribution in [0.4, 0.5) is 0 Å². The van der Waals surface area contributed by atoms with E-state index in [1.54, 1.807) is 0 Å². The van der Waals surface area contributed by atoms with Gasteiger partial charge < -0.3 is 0 Å². The van der Waals surface area contributed by atoms with Crippen LogP contribution in [0.3, 0.4) is 0 Å². The monoisotopic (exact) mass is 212 g/mol. The lowest BCUT2D eigenvalue weighted by molar-refractivity contribution is -0.120. The van der Waals surface area contributed by atoms with E-state index in [2.05, 4.69) is 20.8 Å². The highest BCUT2D eigenvalue weighted by molar-refractivity contribution is 6.83. The number of carbonyl (C=O) groups excluding carboxylic acids is 1. The molecule has 1 rings (SSSR count). The average molecular weight is 212 g/mol. The smallest absolute Gasteiger partial charge is 0.133 e. The molecular weight excluding hydrogens is 188 g/mol. The van der Waals surface area contributed by atoms with Crippen molar-refractivity contribution in [3.63, 3.8) is 0 Å². The summed E-state index contributed by atoms with van der Waals surface area (Å²) >= 11 is 0. The molecule has 1 aliphatic rings. The molecular formula is C12H24OSi. The van der Waals surface area contributed by atoms with Gasteiger partial charge in [-0.05, 0) is 12.8 Å². The van der Waals surface area contributed by atoms with Gasteiger partial charge in [0.1, 0.15) is 5.78 Å². The van der Waals surface area contributed by atoms with E-state index in [4.69, 9.17) is 0 Å². The van der Waals surface area contributed by atoms with Gasteiger partial charge in [-0.3, -0.25) is 4.79 Å². The second-order valence-corrected chi connectivity index (χ2v) is 10.2. The van der Waals surface area contributed by atoms with Gasteiger partial charge in [-0.1, -0.05) is 45.3 Å². The Bertz CT molecular complexity index is 188. The molecule has 1 fully saturated rings. The molecule has 14 heavy (non-hydrogen) atoms. The number of ketones is 1. The zero-order valence-electron chi connectivity index (χ0n) is 9.94. The summed E-state index contributed by atoms with van der Waals surface area (Å²) in [4.78, 5) is 12.0. The van der Waals surface area contributed by atoms with Crippen LogP contribution in [0.5, 0.6) is 0 Å². The fourth-order valence-electron chi connectivity index (χ4n) is 3.12. The second kappa shape index (κ2) is 5.10. The van der Waals surface area contributed by atoms with Crippen LogP contribution in [0.25, 0.3) is 0 Å². The van der Waals surface area contributed by atoms with Crippen molar-refractivity contribution in [2.24, 2.45) is 0 Å². The number of hydrogen-bond donors (Lipinski definition) is 0. The molecule has 0 spiro atoms. The van der Waals surface area contributed by atoms with Crippen LogP contribution < -0.4 is 0 Å². The zero-order valence-corrected chi connectivity index (χ0v) is 10.9. The molecule has 1 unspecified atom stereocenters. The van der Waals surface area contributed by atoms with Crippen molar-refractivity contribution in [3.8, 4) is 0 Å². The molecule has 1 nitrogen and oxygen atoms in total. The zero-order chi connectivity index (χ0) is 10.6. The maximum Gasteiger partial charge on any atom is 0.133 e. The van der Waals surface area contributed by atoms with Gasteiger partial charge in [0.15, 0.2) is 0 Å². The van der Waals surface area contributed by atoms with Crippen LogP contribution in [0.2, 0.25) is 23.7 Å². The normalized spacial score (nSPS) is 23.9. The van der Waals surface area contributed by atoms with E-state index in [-0.39, 0.29) is 0 Å². The molecule has 1 saturated carbocycles. The van der Waals surface area contributed by atoms with Crippen LogP contribution in [-0.4, -0.2) is 13.9 Å². The highest BCUT2D eigenvalue weighted by Gasteiger charge is 2.40. The molecule has 0 aromatic rings. The summed E-state index contributed by atoms with van der Waals surface area (Å²) in [6, 6.07) is 3.91. The molecule has 1 aliphatic carbocycles. The number of rotatable bonds is 4. The van der Waals surface area contributed by atoms with Gasteiger partial charge in [0.05, 0.1) is 8.07 Å². The van der Waals surface area contributed by atoms with Crippen molar-refractivity contribution in [3.05, 3.63) is 0 Å². The predicted octanol–water partition coefficient (Wildman–Crippen LogP) is 4.01. The summed E-state index contributed by atoms with van der Waals surface area (Å²) in [7, 11) is -1.23. The van der Waals surface area contributed by atoms with Gasteiger partial charge in [0, 0.05) is 12.0 Å². The first kappa shape index (κ1) is 12.0. The third kappa shape index (κ3) is 2.10. The molecule has 1 atom stereocenters. The lowest BCUT2D eigenvalue weighted by Crippen LogP contribution is -2.42. The Morgan fingerprint density at radius 1 is 1.14 bits per heavy atom. The average Bonchev–Trinajstić information content (AvgIpc) is 2.24. The minimum atomic E-state index is -1.23. The van der Waals surface area contributed by atoms with Crippen LogP contribution in [-0.2, 0) is 4.79 Å². The van der Waals surface area contributed by atoms with Gasteiger partial charge in [-0.15, -0.1) is 0 Å². The SMILES string of the molecule is CC[Si](CC)(CC)C1CCCCC1=O. The summed E-state index contributed by atoms with van der Waals surface area (Å²) in [6.07, 6.45) is 4.53. The molecule has 0 aliphatic heterocycles. The Hall–Kier alpha value is -0.113. The van der Waals surface area contributed by atoms with Crippen LogP contribution >= 0.6 is 0 Å². The third-order valence-corrected chi connectivity index (χ3v) is 10.7. The van der Waals surface area contributed by atoms with Gasteiger partial charge in [0.2, 0.25) is 0 Å². The fourth-order valence-corrected chi connectivity index (χ4v) is 7.74. The molecule has 0 aromatic heterocycles. The third-order valence-electron chi connectivity index (χ3n) is 4.41. The van der Waals surface area contributed by atoms with Crippen molar-refractivity contribution >= 4 is 13.9 Å². The molecule has 0 saturated heterocycles. The Morgan fingerprint density at radius 2 is 1.71 bits per heavy atom. The van der Waals surface area contributed by atoms with Crippen molar-refractivity contribution in [1.29, 1.82) is 0 Å². The van der Waals surface area contributed by atoms with E-state index in [1.807, 2.05) is 0 Å². The standard InChI is InChI=1S/C12H24OSi/c1-4-14(5-2,6-3)12-10-8-7-9-11(12)13/h12H,4-10H2,1-3H3. The first-order valence-electron chi connectivity index (χ1n) is 6.23. The molecule has 0 heterocycles. The Labute approximate surface area is 89.3 Å². The summed E-state index contributed by atoms with van der Waals surface area (Å²) in [6.45, 7) is 6.92. The molecule has 0 amide bonds.